The zero-order chi connectivity index (χ0) is 16.8. The van der Waals surface area contributed by atoms with Crippen LogP contribution in [0.3, 0.4) is 0 Å². The maximum atomic E-state index is 12.1. The van der Waals surface area contributed by atoms with Gasteiger partial charge >= 0.3 is 6.03 Å². The number of anilines is 2. The van der Waals surface area contributed by atoms with E-state index in [-0.39, 0.29) is 18.0 Å². The van der Waals surface area contributed by atoms with Gasteiger partial charge in [0.25, 0.3) is 5.91 Å². The smallest absolute Gasteiger partial charge is 0.319 e. The Labute approximate surface area is 140 Å². The molecular formula is C18H21N3O3. The van der Waals surface area contributed by atoms with Gasteiger partial charge in [0, 0.05) is 17.4 Å². The molecule has 1 heterocycles. The van der Waals surface area contributed by atoms with Crippen LogP contribution in [0.25, 0.3) is 0 Å². The van der Waals surface area contributed by atoms with Gasteiger partial charge in [0.05, 0.1) is 11.8 Å². The number of amides is 3. The monoisotopic (exact) mass is 327 g/mol. The highest BCUT2D eigenvalue weighted by Crippen LogP contribution is 2.19. The van der Waals surface area contributed by atoms with E-state index in [1.165, 1.54) is 31.8 Å². The number of urea groups is 1. The second-order valence-corrected chi connectivity index (χ2v) is 5.98. The molecule has 0 spiro atoms. The van der Waals surface area contributed by atoms with Gasteiger partial charge in [-0.2, -0.15) is 0 Å². The molecule has 0 saturated heterocycles. The van der Waals surface area contributed by atoms with Gasteiger partial charge in [0.15, 0.2) is 0 Å². The number of hydrogen-bond donors (Lipinski definition) is 3. The highest BCUT2D eigenvalue weighted by atomic mass is 16.3. The molecule has 3 rings (SSSR count). The Morgan fingerprint density at radius 3 is 2.46 bits per heavy atom. The van der Waals surface area contributed by atoms with Crippen LogP contribution < -0.4 is 16.0 Å². The van der Waals surface area contributed by atoms with Crippen molar-refractivity contribution >= 4 is 23.3 Å². The number of benzene rings is 1. The van der Waals surface area contributed by atoms with E-state index in [9.17, 15) is 9.59 Å². The summed E-state index contributed by atoms with van der Waals surface area (Å²) in [5, 5.41) is 8.59. The van der Waals surface area contributed by atoms with Crippen LogP contribution in [0.2, 0.25) is 0 Å². The second-order valence-electron chi connectivity index (χ2n) is 5.98. The van der Waals surface area contributed by atoms with Gasteiger partial charge in [0.2, 0.25) is 0 Å². The molecule has 0 aliphatic heterocycles. The Morgan fingerprint density at radius 1 is 1.00 bits per heavy atom. The molecule has 0 bridgehead atoms. The molecule has 3 amide bonds. The number of carbonyl (C=O) groups is 2. The molecule has 2 aromatic rings. The maximum absolute atomic E-state index is 12.1. The average molecular weight is 327 g/mol. The number of nitrogens with one attached hydrogen (secondary N) is 3. The number of carbonyl (C=O) groups excluding carboxylic acids is 2. The van der Waals surface area contributed by atoms with Gasteiger partial charge in [-0.25, -0.2) is 4.79 Å². The molecule has 126 valence electrons. The molecule has 6 heteroatoms. The zero-order valence-corrected chi connectivity index (χ0v) is 13.4. The summed E-state index contributed by atoms with van der Waals surface area (Å²) in [7, 11) is 0. The number of rotatable bonds is 4. The zero-order valence-electron chi connectivity index (χ0n) is 13.4. The van der Waals surface area contributed by atoms with E-state index in [1.54, 1.807) is 30.3 Å². The van der Waals surface area contributed by atoms with Crippen LogP contribution in [0.15, 0.2) is 47.3 Å². The summed E-state index contributed by atoms with van der Waals surface area (Å²) < 4.78 is 4.90. The third-order valence-electron chi connectivity index (χ3n) is 4.10. The molecular weight excluding hydrogens is 306 g/mol. The minimum atomic E-state index is -0.257. The summed E-state index contributed by atoms with van der Waals surface area (Å²) in [4.78, 5) is 24.1. The summed E-state index contributed by atoms with van der Waals surface area (Å²) >= 11 is 0. The van der Waals surface area contributed by atoms with E-state index in [1.807, 2.05) is 0 Å². The lowest BCUT2D eigenvalue weighted by molar-refractivity contribution is 0.102. The fourth-order valence-electron chi connectivity index (χ4n) is 2.87. The molecule has 0 unspecified atom stereocenters. The van der Waals surface area contributed by atoms with Crippen LogP contribution >= 0.6 is 0 Å². The van der Waals surface area contributed by atoms with E-state index in [0.29, 0.717) is 16.9 Å². The lowest BCUT2D eigenvalue weighted by Crippen LogP contribution is -2.39. The molecule has 6 nitrogen and oxygen atoms in total. The standard InChI is InChI=1S/C18H21N3O3/c22-17(13-9-10-24-12-13)19-15-7-4-8-16(11-15)21-18(23)20-14-5-2-1-3-6-14/h4,7-12,14H,1-3,5-6H2,(H,19,22)(H2,20,21,23). The Bertz CT molecular complexity index is 691. The molecule has 1 aromatic heterocycles. The van der Waals surface area contributed by atoms with E-state index in [0.717, 1.165) is 12.8 Å². The van der Waals surface area contributed by atoms with Crippen LogP contribution in [0.4, 0.5) is 16.2 Å². The van der Waals surface area contributed by atoms with Crippen LogP contribution in [0.1, 0.15) is 42.5 Å². The van der Waals surface area contributed by atoms with Crippen LogP contribution in [0.5, 0.6) is 0 Å². The highest BCUT2D eigenvalue weighted by molar-refractivity contribution is 6.04. The normalized spacial score (nSPS) is 14.8. The minimum absolute atomic E-state index is 0.208. The first-order chi connectivity index (χ1) is 11.7. The van der Waals surface area contributed by atoms with Crippen molar-refractivity contribution in [3.63, 3.8) is 0 Å². The van der Waals surface area contributed by atoms with Gasteiger partial charge in [-0.05, 0) is 37.1 Å². The Kier molecular flexibility index (Phi) is 5.15. The molecule has 24 heavy (non-hydrogen) atoms. The highest BCUT2D eigenvalue weighted by Gasteiger charge is 2.15. The van der Waals surface area contributed by atoms with Crippen molar-refractivity contribution < 1.29 is 14.0 Å². The largest absolute Gasteiger partial charge is 0.472 e. The molecule has 1 aliphatic rings. The van der Waals surface area contributed by atoms with Gasteiger partial charge in [0.1, 0.15) is 6.26 Å². The van der Waals surface area contributed by atoms with Gasteiger partial charge in [-0.15, -0.1) is 0 Å². The maximum Gasteiger partial charge on any atom is 0.319 e. The first-order valence-corrected chi connectivity index (χ1v) is 8.22. The second kappa shape index (κ2) is 7.68. The SMILES string of the molecule is O=C(Nc1cccc(NC(=O)c2ccoc2)c1)NC1CCCCC1. The Morgan fingerprint density at radius 2 is 1.75 bits per heavy atom. The van der Waals surface area contributed by atoms with E-state index in [2.05, 4.69) is 16.0 Å². The molecule has 1 aliphatic carbocycles. The quantitative estimate of drug-likeness (QED) is 0.794. The predicted molar refractivity (Wildman–Crippen MR) is 92.1 cm³/mol. The molecule has 0 atom stereocenters. The van der Waals surface area contributed by atoms with E-state index >= 15 is 0 Å². The van der Waals surface area contributed by atoms with Gasteiger partial charge in [-0.3, -0.25) is 4.79 Å². The van der Waals surface area contributed by atoms with Crippen molar-refractivity contribution in [1.82, 2.24) is 5.32 Å². The first kappa shape index (κ1) is 16.1. The van der Waals surface area contributed by atoms with Crippen LogP contribution in [0, 0.1) is 0 Å². The lowest BCUT2D eigenvalue weighted by Gasteiger charge is -2.22. The summed E-state index contributed by atoms with van der Waals surface area (Å²) in [5.74, 6) is -0.257. The summed E-state index contributed by atoms with van der Waals surface area (Å²) in [6.07, 6.45) is 8.49. The molecule has 3 N–H and O–H groups in total. The van der Waals surface area contributed by atoms with Crippen molar-refractivity contribution in [2.24, 2.45) is 0 Å². The first-order valence-electron chi connectivity index (χ1n) is 8.22. The van der Waals surface area contributed by atoms with Gasteiger partial charge in [-0.1, -0.05) is 25.3 Å². The van der Waals surface area contributed by atoms with Crippen molar-refractivity contribution in [3.05, 3.63) is 48.4 Å². The van der Waals surface area contributed by atoms with E-state index < -0.39 is 0 Å². The number of furan rings is 1. The third-order valence-corrected chi connectivity index (χ3v) is 4.10. The summed E-state index contributed by atoms with van der Waals surface area (Å²) in [6, 6.07) is 8.69. The van der Waals surface area contributed by atoms with Crippen molar-refractivity contribution in [1.29, 1.82) is 0 Å². The molecule has 0 radical (unpaired) electrons. The van der Waals surface area contributed by atoms with E-state index in [4.69, 9.17) is 4.42 Å². The fourth-order valence-corrected chi connectivity index (χ4v) is 2.87. The van der Waals surface area contributed by atoms with Gasteiger partial charge < -0.3 is 20.4 Å². The fraction of sp³-hybridized carbons (Fsp3) is 0.333. The Balaban J connectivity index is 1.56. The minimum Gasteiger partial charge on any atom is -0.472 e. The Hall–Kier alpha value is -2.76. The topological polar surface area (TPSA) is 83.4 Å². The van der Waals surface area contributed by atoms with Crippen LogP contribution in [-0.4, -0.2) is 18.0 Å². The third kappa shape index (κ3) is 4.38. The van der Waals surface area contributed by atoms with Crippen molar-refractivity contribution in [2.45, 2.75) is 38.1 Å². The summed E-state index contributed by atoms with van der Waals surface area (Å²) in [6.45, 7) is 0. The molecule has 1 aromatic carbocycles. The lowest BCUT2D eigenvalue weighted by atomic mass is 9.96. The molecule has 1 fully saturated rings. The molecule has 1 saturated carbocycles. The van der Waals surface area contributed by atoms with Crippen molar-refractivity contribution in [2.75, 3.05) is 10.6 Å². The summed E-state index contributed by atoms with van der Waals surface area (Å²) in [5.41, 5.74) is 1.69. The predicted octanol–water partition coefficient (Wildman–Crippen LogP) is 3.99. The number of hydrogen-bond acceptors (Lipinski definition) is 3. The average Bonchev–Trinajstić information content (AvgIpc) is 3.10. The van der Waals surface area contributed by atoms with Crippen LogP contribution in [-0.2, 0) is 0 Å². The van der Waals surface area contributed by atoms with Crippen molar-refractivity contribution in [3.8, 4) is 0 Å².